The molecule has 1 aromatic carbocycles. The molecule has 1 N–H and O–H groups in total. The second-order valence-electron chi connectivity index (χ2n) is 10.4. The number of pyridine rings is 2. The van der Waals surface area contributed by atoms with Crippen molar-refractivity contribution in [1.82, 2.24) is 34.4 Å². The molecule has 0 saturated carbocycles. The molecule has 6 rings (SSSR count). The highest BCUT2D eigenvalue weighted by atomic mass is 16.6. The molecule has 1 aliphatic rings. The molecule has 1 saturated heterocycles. The van der Waals surface area contributed by atoms with Crippen molar-refractivity contribution in [2.45, 2.75) is 26.4 Å². The van der Waals surface area contributed by atoms with E-state index in [0.29, 0.717) is 54.7 Å². The lowest BCUT2D eigenvalue weighted by Crippen LogP contribution is -2.50. The van der Waals surface area contributed by atoms with Crippen molar-refractivity contribution in [3.05, 3.63) is 67.4 Å². The maximum Gasteiger partial charge on any atom is 0.410 e. The van der Waals surface area contributed by atoms with Crippen molar-refractivity contribution in [1.29, 1.82) is 0 Å². The molecule has 0 atom stereocenters. The van der Waals surface area contributed by atoms with Crippen molar-refractivity contribution >= 4 is 40.1 Å². The topological polar surface area (TPSA) is 123 Å². The molecule has 4 aromatic heterocycles. The number of ether oxygens (including phenoxy) is 2. The van der Waals surface area contributed by atoms with E-state index >= 15 is 0 Å². The molecule has 1 fully saturated rings. The lowest BCUT2D eigenvalue weighted by atomic mass is 10.2. The second-order valence-corrected chi connectivity index (χ2v) is 10.4. The highest BCUT2D eigenvalue weighted by molar-refractivity contribution is 5.88. The number of anilines is 3. The molecule has 204 valence electrons. The van der Waals surface area contributed by atoms with Gasteiger partial charge in [0.15, 0.2) is 11.5 Å². The summed E-state index contributed by atoms with van der Waals surface area (Å²) in [6.45, 7) is 8.05. The maximum absolute atomic E-state index is 12.4. The molecule has 12 nitrogen and oxygen atoms in total. The predicted octanol–water partition coefficient (Wildman–Crippen LogP) is 4.66. The summed E-state index contributed by atoms with van der Waals surface area (Å²) in [4.78, 5) is 34.2. The van der Waals surface area contributed by atoms with Crippen LogP contribution in [0.15, 0.2) is 67.4 Å². The Labute approximate surface area is 230 Å². The number of hydrogen-bond acceptors (Lipinski definition) is 10. The van der Waals surface area contributed by atoms with Gasteiger partial charge < -0.3 is 24.6 Å². The predicted molar refractivity (Wildman–Crippen MR) is 150 cm³/mol. The molecule has 0 bridgehead atoms. The fourth-order valence-corrected chi connectivity index (χ4v) is 4.38. The number of aromatic nitrogens is 6. The Bertz CT molecular complexity index is 1660. The summed E-state index contributed by atoms with van der Waals surface area (Å²) in [5, 5.41) is 7.45. The Hall–Kier alpha value is -5.00. The summed E-state index contributed by atoms with van der Waals surface area (Å²) in [5.41, 5.74) is 2.42. The number of piperazine rings is 1. The van der Waals surface area contributed by atoms with Crippen LogP contribution in [0.3, 0.4) is 0 Å². The van der Waals surface area contributed by atoms with Crippen LogP contribution in [0.25, 0.3) is 16.7 Å². The van der Waals surface area contributed by atoms with E-state index in [1.165, 1.54) is 12.7 Å². The Morgan fingerprint density at radius 2 is 1.70 bits per heavy atom. The molecular formula is C28H29N9O3. The van der Waals surface area contributed by atoms with E-state index in [1.807, 2.05) is 69.3 Å². The van der Waals surface area contributed by atoms with Gasteiger partial charge in [-0.05, 0) is 63.2 Å². The summed E-state index contributed by atoms with van der Waals surface area (Å²) in [5.74, 6) is 2.77. The molecule has 12 heteroatoms. The molecule has 1 amide bonds. The van der Waals surface area contributed by atoms with Gasteiger partial charge in [0.05, 0.1) is 5.52 Å². The number of nitrogens with one attached hydrogen (secondary N) is 1. The van der Waals surface area contributed by atoms with Crippen molar-refractivity contribution in [2.24, 2.45) is 0 Å². The zero-order chi connectivity index (χ0) is 27.7. The van der Waals surface area contributed by atoms with Gasteiger partial charge in [-0.3, -0.25) is 0 Å². The number of carbonyl (C=O) groups excluding carboxylic acids is 1. The van der Waals surface area contributed by atoms with E-state index < -0.39 is 5.60 Å². The minimum atomic E-state index is -0.515. The van der Waals surface area contributed by atoms with Crippen LogP contribution in [0.2, 0.25) is 0 Å². The largest absolute Gasteiger partial charge is 0.457 e. The van der Waals surface area contributed by atoms with Gasteiger partial charge in [0.1, 0.15) is 41.1 Å². The van der Waals surface area contributed by atoms with Crippen molar-refractivity contribution in [3.8, 4) is 11.5 Å². The summed E-state index contributed by atoms with van der Waals surface area (Å²) in [6.07, 6.45) is 4.53. The van der Waals surface area contributed by atoms with Crippen LogP contribution in [-0.2, 0) is 4.74 Å². The van der Waals surface area contributed by atoms with E-state index in [1.54, 1.807) is 15.6 Å². The Balaban J connectivity index is 1.14. The number of amides is 1. The van der Waals surface area contributed by atoms with Crippen molar-refractivity contribution < 1.29 is 14.3 Å². The average Bonchev–Trinajstić information content (AvgIpc) is 3.41. The Kier molecular flexibility index (Phi) is 6.50. The van der Waals surface area contributed by atoms with Gasteiger partial charge in [-0.1, -0.05) is 0 Å². The third-order valence-electron chi connectivity index (χ3n) is 6.33. The van der Waals surface area contributed by atoms with E-state index in [9.17, 15) is 4.79 Å². The van der Waals surface area contributed by atoms with Crippen LogP contribution in [0.1, 0.15) is 20.8 Å². The zero-order valence-corrected chi connectivity index (χ0v) is 22.5. The lowest BCUT2D eigenvalue weighted by Gasteiger charge is -2.36. The number of fused-ring (bicyclic) bond motifs is 2. The molecule has 0 aliphatic carbocycles. The quantitative estimate of drug-likeness (QED) is 0.337. The average molecular weight is 540 g/mol. The van der Waals surface area contributed by atoms with E-state index in [0.717, 1.165) is 17.0 Å². The van der Waals surface area contributed by atoms with Gasteiger partial charge >= 0.3 is 6.09 Å². The van der Waals surface area contributed by atoms with Gasteiger partial charge in [0, 0.05) is 44.1 Å². The highest BCUT2D eigenvalue weighted by Gasteiger charge is 2.26. The Morgan fingerprint density at radius 1 is 0.900 bits per heavy atom. The normalized spacial score (nSPS) is 14.0. The number of carbonyl (C=O) groups is 1. The van der Waals surface area contributed by atoms with Crippen LogP contribution in [-0.4, -0.2) is 72.3 Å². The van der Waals surface area contributed by atoms with E-state index in [4.69, 9.17) is 14.5 Å². The van der Waals surface area contributed by atoms with Crippen molar-refractivity contribution in [3.63, 3.8) is 0 Å². The molecule has 0 radical (unpaired) electrons. The van der Waals surface area contributed by atoms with E-state index in [2.05, 4.69) is 30.3 Å². The van der Waals surface area contributed by atoms with Gasteiger partial charge in [-0.15, -0.1) is 0 Å². The van der Waals surface area contributed by atoms with Crippen LogP contribution >= 0.6 is 0 Å². The van der Waals surface area contributed by atoms with Gasteiger partial charge in [0.2, 0.25) is 0 Å². The minimum Gasteiger partial charge on any atom is -0.457 e. The summed E-state index contributed by atoms with van der Waals surface area (Å²) < 4.78 is 13.2. The van der Waals surface area contributed by atoms with E-state index in [-0.39, 0.29) is 6.09 Å². The van der Waals surface area contributed by atoms with Gasteiger partial charge in [0.25, 0.3) is 0 Å². The first kappa shape index (κ1) is 25.3. The standard InChI is InChI=1S/C28H29N9O3/c1-28(2,3)40-27(38)36-14-12-35(13-15-36)23-9-8-22-25(34-23)26(31-17-29-22)33-19-4-6-20(7-5-19)39-21-10-11-37-24(16-21)30-18-32-37/h4-11,16-18H,12-15H2,1-3H3,(H,29,31,33). The molecule has 0 spiro atoms. The van der Waals surface area contributed by atoms with Crippen LogP contribution in [0, 0.1) is 0 Å². The molecule has 1 aliphatic heterocycles. The number of nitrogens with zero attached hydrogens (tertiary/aromatic N) is 8. The molecule has 5 heterocycles. The maximum atomic E-state index is 12.4. The molecule has 5 aromatic rings. The summed E-state index contributed by atoms with van der Waals surface area (Å²) in [7, 11) is 0. The fraction of sp³-hybridized carbons (Fsp3) is 0.286. The zero-order valence-electron chi connectivity index (χ0n) is 22.5. The lowest BCUT2D eigenvalue weighted by molar-refractivity contribution is 0.0240. The fourth-order valence-electron chi connectivity index (χ4n) is 4.38. The smallest absolute Gasteiger partial charge is 0.410 e. The number of benzene rings is 1. The van der Waals surface area contributed by atoms with Crippen LogP contribution in [0.4, 0.5) is 22.1 Å². The Morgan fingerprint density at radius 3 is 2.48 bits per heavy atom. The first-order chi connectivity index (χ1) is 19.3. The molecule has 0 unspecified atom stereocenters. The second kappa shape index (κ2) is 10.3. The van der Waals surface area contributed by atoms with Crippen molar-refractivity contribution in [2.75, 3.05) is 36.4 Å². The third-order valence-corrected chi connectivity index (χ3v) is 6.33. The summed E-state index contributed by atoms with van der Waals surface area (Å²) >= 11 is 0. The molecular weight excluding hydrogens is 510 g/mol. The monoisotopic (exact) mass is 539 g/mol. The van der Waals surface area contributed by atoms with Crippen LogP contribution < -0.4 is 15.0 Å². The van der Waals surface area contributed by atoms with Crippen LogP contribution in [0.5, 0.6) is 11.5 Å². The minimum absolute atomic E-state index is 0.286. The highest BCUT2D eigenvalue weighted by Crippen LogP contribution is 2.28. The van der Waals surface area contributed by atoms with Gasteiger partial charge in [-0.25, -0.2) is 29.2 Å². The number of rotatable bonds is 5. The summed E-state index contributed by atoms with van der Waals surface area (Å²) in [6, 6.07) is 15.1. The molecule has 40 heavy (non-hydrogen) atoms. The third kappa shape index (κ3) is 5.55. The van der Waals surface area contributed by atoms with Gasteiger partial charge in [-0.2, -0.15) is 5.10 Å². The SMILES string of the molecule is CC(C)(C)OC(=O)N1CCN(c2ccc3ncnc(Nc4ccc(Oc5ccn6ncnc6c5)cc4)c3n2)CC1. The first-order valence-corrected chi connectivity index (χ1v) is 13.0. The number of hydrogen-bond donors (Lipinski definition) is 1. The first-order valence-electron chi connectivity index (χ1n) is 13.0.